The summed E-state index contributed by atoms with van der Waals surface area (Å²) in [5, 5.41) is 0. The lowest BCUT2D eigenvalue weighted by Crippen LogP contribution is -2.10. The molecule has 0 aliphatic carbocycles. The third kappa shape index (κ3) is 15.3. The topological polar surface area (TPSA) is 0 Å². The summed E-state index contributed by atoms with van der Waals surface area (Å²) in [6.45, 7) is 9.34. The SMILES string of the molecule is CCCCCCCCC([CH]C(CC)CCCCC)CCCCC. The van der Waals surface area contributed by atoms with Gasteiger partial charge in [0.1, 0.15) is 0 Å². The maximum Gasteiger partial charge on any atom is -0.0324 e. The van der Waals surface area contributed by atoms with Gasteiger partial charge in [0.25, 0.3) is 0 Å². The molecule has 0 saturated carbocycles. The van der Waals surface area contributed by atoms with Crippen molar-refractivity contribution in [1.82, 2.24) is 0 Å². The molecule has 0 bridgehead atoms. The molecule has 139 valence electrons. The Bertz CT molecular complexity index is 208. The monoisotopic (exact) mass is 323 g/mol. The number of unbranched alkanes of at least 4 members (excludes halogenated alkanes) is 9. The summed E-state index contributed by atoms with van der Waals surface area (Å²) in [4.78, 5) is 0. The minimum absolute atomic E-state index is 0.883. The third-order valence-corrected chi connectivity index (χ3v) is 5.35. The van der Waals surface area contributed by atoms with E-state index in [9.17, 15) is 0 Å². The lowest BCUT2D eigenvalue weighted by atomic mass is 9.83. The van der Waals surface area contributed by atoms with Crippen LogP contribution in [-0.2, 0) is 0 Å². The van der Waals surface area contributed by atoms with Crippen molar-refractivity contribution in [2.45, 2.75) is 130 Å². The van der Waals surface area contributed by atoms with Gasteiger partial charge < -0.3 is 0 Å². The zero-order valence-electron chi connectivity index (χ0n) is 17.0. The third-order valence-electron chi connectivity index (χ3n) is 5.35. The van der Waals surface area contributed by atoms with Crippen LogP contribution in [0.2, 0.25) is 0 Å². The summed E-state index contributed by atoms with van der Waals surface area (Å²) >= 11 is 0. The summed E-state index contributed by atoms with van der Waals surface area (Å²) in [7, 11) is 0. The predicted molar refractivity (Wildman–Crippen MR) is 108 cm³/mol. The van der Waals surface area contributed by atoms with Crippen LogP contribution in [0.3, 0.4) is 0 Å². The quantitative estimate of drug-likeness (QED) is 0.221. The fourth-order valence-electron chi connectivity index (χ4n) is 3.66. The Hall–Kier alpha value is 0. The molecule has 0 amide bonds. The molecule has 0 heterocycles. The van der Waals surface area contributed by atoms with E-state index < -0.39 is 0 Å². The molecular formula is C23H47. The zero-order chi connectivity index (χ0) is 17.2. The van der Waals surface area contributed by atoms with Crippen molar-refractivity contribution in [1.29, 1.82) is 0 Å². The van der Waals surface area contributed by atoms with Crippen LogP contribution < -0.4 is 0 Å². The first-order chi connectivity index (χ1) is 11.3. The van der Waals surface area contributed by atoms with E-state index >= 15 is 0 Å². The maximum atomic E-state index is 2.78. The predicted octanol–water partition coefficient (Wildman–Crippen LogP) is 8.74. The van der Waals surface area contributed by atoms with Crippen molar-refractivity contribution in [3.8, 4) is 0 Å². The summed E-state index contributed by atoms with van der Waals surface area (Å²) in [6.07, 6.45) is 25.5. The molecule has 0 rings (SSSR count). The van der Waals surface area contributed by atoms with E-state index in [1.54, 1.807) is 0 Å². The highest BCUT2D eigenvalue weighted by Crippen LogP contribution is 2.28. The smallest absolute Gasteiger partial charge is 0.0324 e. The average Bonchev–Trinajstić information content (AvgIpc) is 2.56. The first-order valence-electron chi connectivity index (χ1n) is 11.1. The first-order valence-corrected chi connectivity index (χ1v) is 11.1. The van der Waals surface area contributed by atoms with Crippen molar-refractivity contribution in [2.24, 2.45) is 11.8 Å². The molecule has 0 fully saturated rings. The van der Waals surface area contributed by atoms with E-state index in [-0.39, 0.29) is 0 Å². The van der Waals surface area contributed by atoms with E-state index in [0.717, 1.165) is 11.8 Å². The van der Waals surface area contributed by atoms with Crippen molar-refractivity contribution in [3.05, 3.63) is 6.42 Å². The van der Waals surface area contributed by atoms with Gasteiger partial charge in [-0.25, -0.2) is 0 Å². The lowest BCUT2D eigenvalue weighted by Gasteiger charge is -2.23. The Labute approximate surface area is 149 Å². The van der Waals surface area contributed by atoms with Crippen LogP contribution in [0, 0.1) is 18.3 Å². The van der Waals surface area contributed by atoms with Crippen LogP contribution in [0.1, 0.15) is 130 Å². The van der Waals surface area contributed by atoms with Gasteiger partial charge in [0.2, 0.25) is 0 Å². The van der Waals surface area contributed by atoms with Gasteiger partial charge in [-0.05, 0) is 18.3 Å². The largest absolute Gasteiger partial charge is 0.0654 e. The summed E-state index contributed by atoms with van der Waals surface area (Å²) in [5.41, 5.74) is 0. The molecular weight excluding hydrogens is 276 g/mol. The molecule has 2 atom stereocenters. The summed E-state index contributed by atoms with van der Waals surface area (Å²) in [5.74, 6) is 1.78. The number of hydrogen-bond acceptors (Lipinski definition) is 0. The van der Waals surface area contributed by atoms with Crippen LogP contribution in [-0.4, -0.2) is 0 Å². The number of rotatable bonds is 18. The van der Waals surface area contributed by atoms with Gasteiger partial charge in [-0.2, -0.15) is 0 Å². The lowest BCUT2D eigenvalue weighted by molar-refractivity contribution is 0.382. The van der Waals surface area contributed by atoms with E-state index in [2.05, 4.69) is 34.1 Å². The van der Waals surface area contributed by atoms with Gasteiger partial charge in [-0.15, -0.1) is 0 Å². The van der Waals surface area contributed by atoms with Crippen LogP contribution in [0.5, 0.6) is 0 Å². The van der Waals surface area contributed by atoms with E-state index in [1.807, 2.05) is 0 Å². The Morgan fingerprint density at radius 3 is 1.39 bits per heavy atom. The molecule has 2 unspecified atom stereocenters. The molecule has 0 heteroatoms. The summed E-state index contributed by atoms with van der Waals surface area (Å²) < 4.78 is 0. The molecule has 0 aliphatic rings. The van der Waals surface area contributed by atoms with Crippen molar-refractivity contribution in [2.75, 3.05) is 0 Å². The van der Waals surface area contributed by atoms with Crippen LogP contribution in [0.4, 0.5) is 0 Å². The van der Waals surface area contributed by atoms with E-state index in [0.29, 0.717) is 0 Å². The zero-order valence-corrected chi connectivity index (χ0v) is 17.0. The minimum atomic E-state index is 0.883. The Balaban J connectivity index is 4.04. The van der Waals surface area contributed by atoms with Gasteiger partial charge in [-0.1, -0.05) is 130 Å². The van der Waals surface area contributed by atoms with Crippen LogP contribution >= 0.6 is 0 Å². The van der Waals surface area contributed by atoms with Gasteiger partial charge in [0.05, 0.1) is 0 Å². The van der Waals surface area contributed by atoms with Gasteiger partial charge in [0.15, 0.2) is 0 Å². The van der Waals surface area contributed by atoms with Gasteiger partial charge in [0, 0.05) is 0 Å². The van der Waals surface area contributed by atoms with E-state index in [4.69, 9.17) is 0 Å². The Morgan fingerprint density at radius 2 is 0.870 bits per heavy atom. The highest BCUT2D eigenvalue weighted by atomic mass is 14.2. The molecule has 0 nitrogen and oxygen atoms in total. The standard InChI is InChI=1S/C23H47/c1-5-9-12-13-14-17-20-23(19-16-11-7-3)21-22(8-4)18-15-10-6-2/h21-23H,5-20H2,1-4H3. The highest BCUT2D eigenvalue weighted by Gasteiger charge is 2.15. The second-order valence-corrected chi connectivity index (χ2v) is 7.67. The number of hydrogen-bond donors (Lipinski definition) is 0. The molecule has 23 heavy (non-hydrogen) atoms. The molecule has 0 saturated heterocycles. The molecule has 1 radical (unpaired) electrons. The van der Waals surface area contributed by atoms with Gasteiger partial charge in [-0.3, -0.25) is 0 Å². The average molecular weight is 324 g/mol. The second kappa shape index (κ2) is 18.3. The van der Waals surface area contributed by atoms with Gasteiger partial charge >= 0.3 is 0 Å². The molecule has 0 aromatic carbocycles. The highest BCUT2D eigenvalue weighted by molar-refractivity contribution is 4.83. The molecule has 0 aromatic heterocycles. The fraction of sp³-hybridized carbons (Fsp3) is 0.957. The normalized spacial score (nSPS) is 14.1. The second-order valence-electron chi connectivity index (χ2n) is 7.67. The Morgan fingerprint density at radius 1 is 0.478 bits per heavy atom. The molecule has 0 aliphatic heterocycles. The molecule has 0 aromatic rings. The van der Waals surface area contributed by atoms with Crippen molar-refractivity contribution >= 4 is 0 Å². The molecule has 0 N–H and O–H groups in total. The van der Waals surface area contributed by atoms with Crippen LogP contribution in [0.25, 0.3) is 0 Å². The maximum absolute atomic E-state index is 2.78. The van der Waals surface area contributed by atoms with Crippen LogP contribution in [0.15, 0.2) is 0 Å². The van der Waals surface area contributed by atoms with Crippen molar-refractivity contribution < 1.29 is 0 Å². The van der Waals surface area contributed by atoms with Crippen molar-refractivity contribution in [3.63, 3.8) is 0 Å². The molecule has 0 spiro atoms. The fourth-order valence-corrected chi connectivity index (χ4v) is 3.66. The Kier molecular flexibility index (Phi) is 18.3. The summed E-state index contributed by atoms with van der Waals surface area (Å²) in [6, 6.07) is 0. The van der Waals surface area contributed by atoms with E-state index in [1.165, 1.54) is 103 Å². The first kappa shape index (κ1) is 23.0. The minimum Gasteiger partial charge on any atom is -0.0654 e.